The van der Waals surface area contributed by atoms with Gasteiger partial charge >= 0.3 is 0 Å². The molecule has 0 bridgehead atoms. The van der Waals surface area contributed by atoms with Crippen molar-refractivity contribution in [3.8, 4) is 0 Å². The third-order valence-electron chi connectivity index (χ3n) is 3.82. The van der Waals surface area contributed by atoms with Gasteiger partial charge in [0.25, 0.3) is 0 Å². The molecule has 1 aromatic rings. The molecule has 0 amide bonds. The van der Waals surface area contributed by atoms with Crippen LogP contribution in [0, 0.1) is 0 Å². The molecule has 0 aliphatic carbocycles. The van der Waals surface area contributed by atoms with Crippen molar-refractivity contribution in [1.29, 1.82) is 0 Å². The van der Waals surface area contributed by atoms with Crippen LogP contribution in [0.4, 0.5) is 0 Å². The summed E-state index contributed by atoms with van der Waals surface area (Å²) in [4.78, 5) is 4.83. The second-order valence-electron chi connectivity index (χ2n) is 6.85. The molecule has 1 aromatic heterocycles. The smallest absolute Gasteiger partial charge is 0.0946 e. The molecule has 1 unspecified atom stereocenters. The van der Waals surface area contributed by atoms with Crippen LogP contribution >= 0.6 is 11.3 Å². The van der Waals surface area contributed by atoms with Gasteiger partial charge in [-0.05, 0) is 26.3 Å². The highest BCUT2D eigenvalue weighted by Gasteiger charge is 2.27. The summed E-state index contributed by atoms with van der Waals surface area (Å²) in [7, 11) is 0. The van der Waals surface area contributed by atoms with Gasteiger partial charge in [-0.25, -0.2) is 4.98 Å². The van der Waals surface area contributed by atoms with Crippen molar-refractivity contribution in [2.45, 2.75) is 70.8 Å². The number of nitrogens with zero attached hydrogens (tertiary/aromatic N) is 1. The highest BCUT2D eigenvalue weighted by molar-refractivity contribution is 7.09. The zero-order chi connectivity index (χ0) is 13.2. The second-order valence-corrected chi connectivity index (χ2v) is 7.79. The predicted molar refractivity (Wildman–Crippen MR) is 79.4 cm³/mol. The summed E-state index contributed by atoms with van der Waals surface area (Å²) in [6.45, 7) is 10.2. The second kappa shape index (κ2) is 5.30. The van der Waals surface area contributed by atoms with E-state index in [0.717, 1.165) is 13.0 Å². The number of hydrogen-bond acceptors (Lipinski definition) is 3. The van der Waals surface area contributed by atoms with Crippen LogP contribution in [-0.2, 0) is 11.8 Å². The van der Waals surface area contributed by atoms with Crippen molar-refractivity contribution in [1.82, 2.24) is 10.3 Å². The maximum atomic E-state index is 4.83. The molecule has 102 valence electrons. The summed E-state index contributed by atoms with van der Waals surface area (Å²) in [5, 5.41) is 7.24. The summed E-state index contributed by atoms with van der Waals surface area (Å²) in [5.74, 6) is 0. The van der Waals surface area contributed by atoms with Crippen LogP contribution in [-0.4, -0.2) is 17.1 Å². The molecule has 1 aliphatic heterocycles. The number of thiazole rings is 1. The largest absolute Gasteiger partial charge is 0.311 e. The number of hydrogen-bond donors (Lipinski definition) is 1. The predicted octanol–water partition coefficient (Wildman–Crippen LogP) is 3.91. The third kappa shape index (κ3) is 3.55. The van der Waals surface area contributed by atoms with Crippen LogP contribution in [0.15, 0.2) is 5.38 Å². The van der Waals surface area contributed by atoms with E-state index in [0.29, 0.717) is 0 Å². The Balaban J connectivity index is 2.06. The minimum Gasteiger partial charge on any atom is -0.311 e. The van der Waals surface area contributed by atoms with E-state index in [1.54, 1.807) is 0 Å². The van der Waals surface area contributed by atoms with Crippen LogP contribution in [0.5, 0.6) is 0 Å². The first kappa shape index (κ1) is 14.0. The minimum atomic E-state index is 0.173. The molecule has 2 heterocycles. The van der Waals surface area contributed by atoms with Crippen molar-refractivity contribution < 1.29 is 0 Å². The van der Waals surface area contributed by atoms with Crippen LogP contribution in [0.2, 0.25) is 0 Å². The first-order chi connectivity index (χ1) is 8.39. The summed E-state index contributed by atoms with van der Waals surface area (Å²) in [6.07, 6.45) is 6.39. The van der Waals surface area contributed by atoms with Gasteiger partial charge in [-0.15, -0.1) is 11.3 Å². The lowest BCUT2D eigenvalue weighted by atomic mass is 9.92. The Hall–Kier alpha value is -0.410. The summed E-state index contributed by atoms with van der Waals surface area (Å²) < 4.78 is 0. The van der Waals surface area contributed by atoms with E-state index >= 15 is 0 Å². The zero-order valence-corrected chi connectivity index (χ0v) is 13.0. The van der Waals surface area contributed by atoms with E-state index < -0.39 is 0 Å². The molecule has 1 N–H and O–H groups in total. The molecule has 18 heavy (non-hydrogen) atoms. The van der Waals surface area contributed by atoms with Gasteiger partial charge in [0.1, 0.15) is 0 Å². The number of rotatable bonds is 2. The van der Waals surface area contributed by atoms with Crippen LogP contribution < -0.4 is 5.32 Å². The van der Waals surface area contributed by atoms with E-state index in [2.05, 4.69) is 38.4 Å². The fourth-order valence-corrected chi connectivity index (χ4v) is 3.72. The molecule has 2 nitrogen and oxygen atoms in total. The van der Waals surface area contributed by atoms with Crippen molar-refractivity contribution in [2.24, 2.45) is 0 Å². The Bertz CT molecular complexity index is 381. The molecule has 2 rings (SSSR count). The van der Waals surface area contributed by atoms with Gasteiger partial charge in [0.15, 0.2) is 0 Å². The molecule has 0 radical (unpaired) electrons. The SMILES string of the molecule is CC1(Cc2nc(C(C)(C)C)cs2)CCCCCN1. The Morgan fingerprint density at radius 3 is 2.78 bits per heavy atom. The molecule has 1 saturated heterocycles. The fraction of sp³-hybridized carbons (Fsp3) is 0.800. The van der Waals surface area contributed by atoms with Gasteiger partial charge in [0, 0.05) is 22.8 Å². The minimum absolute atomic E-state index is 0.173. The average Bonchev–Trinajstić information content (AvgIpc) is 2.61. The van der Waals surface area contributed by atoms with Gasteiger partial charge in [0.2, 0.25) is 0 Å². The summed E-state index contributed by atoms with van der Waals surface area (Å²) in [5.41, 5.74) is 1.66. The molecular weight excluding hydrogens is 240 g/mol. The lowest BCUT2D eigenvalue weighted by Gasteiger charge is -2.28. The molecule has 0 aromatic carbocycles. The topological polar surface area (TPSA) is 24.9 Å². The Kier molecular flexibility index (Phi) is 4.12. The Morgan fingerprint density at radius 2 is 2.11 bits per heavy atom. The van der Waals surface area contributed by atoms with Gasteiger partial charge in [-0.2, -0.15) is 0 Å². The number of aromatic nitrogens is 1. The van der Waals surface area contributed by atoms with Gasteiger partial charge in [0.05, 0.1) is 10.7 Å². The molecule has 0 spiro atoms. The molecule has 0 saturated carbocycles. The van der Waals surface area contributed by atoms with Crippen LogP contribution in [0.1, 0.15) is 64.1 Å². The third-order valence-corrected chi connectivity index (χ3v) is 4.67. The van der Waals surface area contributed by atoms with E-state index in [1.165, 1.54) is 36.4 Å². The van der Waals surface area contributed by atoms with E-state index in [9.17, 15) is 0 Å². The van der Waals surface area contributed by atoms with Gasteiger partial charge in [-0.3, -0.25) is 0 Å². The normalized spacial score (nSPS) is 26.0. The quantitative estimate of drug-likeness (QED) is 0.878. The molecule has 1 aliphatic rings. The highest BCUT2D eigenvalue weighted by atomic mass is 32.1. The molecular formula is C15H26N2S. The van der Waals surface area contributed by atoms with Gasteiger partial charge in [-0.1, -0.05) is 33.6 Å². The first-order valence-electron chi connectivity index (χ1n) is 7.09. The zero-order valence-electron chi connectivity index (χ0n) is 12.2. The molecule has 1 fully saturated rings. The van der Waals surface area contributed by atoms with Crippen LogP contribution in [0.25, 0.3) is 0 Å². The Labute approximate surface area is 115 Å². The number of nitrogens with one attached hydrogen (secondary N) is 1. The van der Waals surface area contributed by atoms with E-state index in [4.69, 9.17) is 4.98 Å². The fourth-order valence-electron chi connectivity index (χ4n) is 2.52. The lowest BCUT2D eigenvalue weighted by Crippen LogP contribution is -2.43. The monoisotopic (exact) mass is 266 g/mol. The first-order valence-corrected chi connectivity index (χ1v) is 7.97. The van der Waals surface area contributed by atoms with Crippen molar-refractivity contribution in [2.75, 3.05) is 6.54 Å². The maximum absolute atomic E-state index is 4.83. The maximum Gasteiger partial charge on any atom is 0.0946 e. The average molecular weight is 266 g/mol. The van der Waals surface area contributed by atoms with Gasteiger partial charge < -0.3 is 5.32 Å². The van der Waals surface area contributed by atoms with Crippen molar-refractivity contribution >= 4 is 11.3 Å². The van der Waals surface area contributed by atoms with Crippen LogP contribution in [0.3, 0.4) is 0 Å². The van der Waals surface area contributed by atoms with Crippen molar-refractivity contribution in [3.05, 3.63) is 16.1 Å². The molecule has 1 atom stereocenters. The van der Waals surface area contributed by atoms with Crippen molar-refractivity contribution in [3.63, 3.8) is 0 Å². The van der Waals surface area contributed by atoms with E-state index in [1.807, 2.05) is 11.3 Å². The lowest BCUT2D eigenvalue weighted by molar-refractivity contribution is 0.344. The summed E-state index contributed by atoms with van der Waals surface area (Å²) in [6, 6.07) is 0. The molecule has 3 heteroatoms. The summed E-state index contributed by atoms with van der Waals surface area (Å²) >= 11 is 1.82. The highest BCUT2D eigenvalue weighted by Crippen LogP contribution is 2.28. The van der Waals surface area contributed by atoms with E-state index in [-0.39, 0.29) is 11.0 Å². The Morgan fingerprint density at radius 1 is 1.33 bits per heavy atom. The standard InChI is InChI=1S/C15H26N2S/c1-14(2,3)12-11-18-13(17-12)10-15(4)8-6-5-7-9-16-15/h11,16H,5-10H2,1-4H3.